The summed E-state index contributed by atoms with van der Waals surface area (Å²) in [4.78, 5) is 29.4. The van der Waals surface area contributed by atoms with Crippen LogP contribution in [0.5, 0.6) is 0 Å². The number of urea groups is 1. The number of aromatic nitrogens is 1. The van der Waals surface area contributed by atoms with Gasteiger partial charge in [0.1, 0.15) is 5.82 Å². The van der Waals surface area contributed by atoms with Crippen LogP contribution in [-0.2, 0) is 0 Å². The lowest BCUT2D eigenvalue weighted by Crippen LogP contribution is -2.35. The molecule has 0 fully saturated rings. The van der Waals surface area contributed by atoms with Crippen molar-refractivity contribution in [2.24, 2.45) is 0 Å². The van der Waals surface area contributed by atoms with Gasteiger partial charge >= 0.3 is 6.03 Å². The van der Waals surface area contributed by atoms with E-state index in [4.69, 9.17) is 0 Å². The van der Waals surface area contributed by atoms with Crippen molar-refractivity contribution < 1.29 is 14.0 Å². The van der Waals surface area contributed by atoms with Gasteiger partial charge in [0.2, 0.25) is 0 Å². The molecule has 166 valence electrons. The second-order valence-electron chi connectivity index (χ2n) is 7.43. The molecule has 1 atom stereocenters. The monoisotopic (exact) mass is 460 g/mol. The number of nitrogens with one attached hydrogen (secondary N) is 2. The Kier molecular flexibility index (Phi) is 6.55. The molecule has 0 aliphatic rings. The van der Waals surface area contributed by atoms with Gasteiger partial charge in [-0.2, -0.15) is 0 Å². The highest BCUT2D eigenvalue weighted by Crippen LogP contribution is 2.22. The number of anilines is 2. The molecule has 0 aliphatic heterocycles. The molecule has 3 aromatic carbocycles. The average Bonchev–Trinajstić information content (AvgIpc) is 2.84. The normalized spacial score (nSPS) is 11.6. The summed E-state index contributed by atoms with van der Waals surface area (Å²) < 4.78 is 15.0. The van der Waals surface area contributed by atoms with Crippen LogP contribution < -0.4 is 14.9 Å². The maximum atomic E-state index is 13.8. The number of benzene rings is 3. The van der Waals surface area contributed by atoms with E-state index >= 15 is 0 Å². The number of thiol groups is 1. The molecule has 33 heavy (non-hydrogen) atoms. The molecule has 8 heteroatoms. The Balaban J connectivity index is 1.39. The second kappa shape index (κ2) is 9.70. The van der Waals surface area contributed by atoms with Gasteiger partial charge in [-0.25, -0.2) is 13.5 Å². The maximum absolute atomic E-state index is 13.8. The molecule has 0 spiro atoms. The lowest BCUT2D eigenvalue weighted by atomic mass is 10.1. The van der Waals surface area contributed by atoms with Gasteiger partial charge < -0.3 is 10.6 Å². The maximum Gasteiger partial charge on any atom is 0.332 e. The minimum atomic E-state index is -0.597. The Morgan fingerprint density at radius 1 is 1.00 bits per heavy atom. The number of fused-ring (bicyclic) bond motifs is 1. The fourth-order valence-corrected chi connectivity index (χ4v) is 3.49. The predicted molar refractivity (Wildman–Crippen MR) is 131 cm³/mol. The molecule has 1 unspecified atom stereocenters. The van der Waals surface area contributed by atoms with E-state index in [0.29, 0.717) is 11.4 Å². The molecule has 4 aromatic rings. The second-order valence-corrected chi connectivity index (χ2v) is 7.83. The van der Waals surface area contributed by atoms with Crippen molar-refractivity contribution in [2.45, 2.75) is 13.0 Å². The SMILES string of the molecule is CC(NC(=O)N(S)c1ccc(NC(=O)c2ccccc2F)cc1)c1cnc2ccccc2c1. The zero-order chi connectivity index (χ0) is 23.4. The van der Waals surface area contributed by atoms with E-state index in [9.17, 15) is 14.0 Å². The summed E-state index contributed by atoms with van der Waals surface area (Å²) in [5.74, 6) is -1.15. The van der Waals surface area contributed by atoms with Crippen molar-refractivity contribution in [3.05, 3.63) is 102 Å². The van der Waals surface area contributed by atoms with Gasteiger partial charge in [0.15, 0.2) is 0 Å². The van der Waals surface area contributed by atoms with Crippen LogP contribution in [0.4, 0.5) is 20.6 Å². The highest BCUT2D eigenvalue weighted by atomic mass is 32.1. The molecule has 3 amide bonds. The van der Waals surface area contributed by atoms with Crippen molar-refractivity contribution in [1.29, 1.82) is 0 Å². The zero-order valence-electron chi connectivity index (χ0n) is 17.7. The average molecular weight is 461 g/mol. The van der Waals surface area contributed by atoms with Crippen molar-refractivity contribution in [3.8, 4) is 0 Å². The molecule has 6 nitrogen and oxygen atoms in total. The Labute approximate surface area is 196 Å². The van der Waals surface area contributed by atoms with Gasteiger partial charge in [-0.1, -0.05) is 43.1 Å². The molecule has 1 heterocycles. The van der Waals surface area contributed by atoms with Gasteiger partial charge in [0.25, 0.3) is 5.91 Å². The van der Waals surface area contributed by atoms with Gasteiger partial charge in [-0.15, -0.1) is 0 Å². The van der Waals surface area contributed by atoms with Crippen LogP contribution in [0.3, 0.4) is 0 Å². The first-order valence-corrected chi connectivity index (χ1v) is 10.6. The van der Waals surface area contributed by atoms with Crippen molar-refractivity contribution in [3.63, 3.8) is 0 Å². The Morgan fingerprint density at radius 2 is 1.70 bits per heavy atom. The van der Waals surface area contributed by atoms with Crippen LogP contribution in [0.1, 0.15) is 28.9 Å². The van der Waals surface area contributed by atoms with Crippen LogP contribution in [0.15, 0.2) is 85.1 Å². The summed E-state index contributed by atoms with van der Waals surface area (Å²) in [5, 5.41) is 6.52. The van der Waals surface area contributed by atoms with E-state index in [2.05, 4.69) is 28.4 Å². The highest BCUT2D eigenvalue weighted by molar-refractivity contribution is 7.82. The third-order valence-corrected chi connectivity index (χ3v) is 5.54. The number of amides is 3. The number of rotatable bonds is 5. The smallest absolute Gasteiger partial charge is 0.330 e. The summed E-state index contributed by atoms with van der Waals surface area (Å²) in [6.45, 7) is 1.87. The van der Waals surface area contributed by atoms with Gasteiger partial charge in [0, 0.05) is 17.3 Å². The van der Waals surface area contributed by atoms with E-state index in [1.807, 2.05) is 37.3 Å². The molecule has 0 saturated carbocycles. The molecule has 0 saturated heterocycles. The van der Waals surface area contributed by atoms with E-state index in [1.165, 1.54) is 22.5 Å². The minimum absolute atomic E-state index is 0.0473. The largest absolute Gasteiger partial charge is 0.332 e. The van der Waals surface area contributed by atoms with E-state index in [-0.39, 0.29) is 11.6 Å². The molecular weight excluding hydrogens is 439 g/mol. The third-order valence-electron chi connectivity index (χ3n) is 5.13. The lowest BCUT2D eigenvalue weighted by molar-refractivity contribution is 0.102. The molecular formula is C25H21FN4O2S. The lowest BCUT2D eigenvalue weighted by Gasteiger charge is -2.21. The summed E-state index contributed by atoms with van der Waals surface area (Å²) in [5.41, 5.74) is 2.68. The van der Waals surface area contributed by atoms with Crippen LogP contribution in [0.25, 0.3) is 10.9 Å². The van der Waals surface area contributed by atoms with Crippen LogP contribution in [0.2, 0.25) is 0 Å². The Morgan fingerprint density at radius 3 is 2.45 bits per heavy atom. The fraction of sp³-hybridized carbons (Fsp3) is 0.0800. The first-order valence-electron chi connectivity index (χ1n) is 10.2. The van der Waals surface area contributed by atoms with Crippen molar-refractivity contribution >= 4 is 47.0 Å². The van der Waals surface area contributed by atoms with Crippen molar-refractivity contribution in [1.82, 2.24) is 10.3 Å². The summed E-state index contributed by atoms with van der Waals surface area (Å²) in [6.07, 6.45) is 1.74. The van der Waals surface area contributed by atoms with Gasteiger partial charge in [-0.05, 0) is 61.0 Å². The number of hydrogen-bond acceptors (Lipinski definition) is 4. The third kappa shape index (κ3) is 5.12. The van der Waals surface area contributed by atoms with E-state index in [0.717, 1.165) is 16.5 Å². The topological polar surface area (TPSA) is 74.3 Å². The highest BCUT2D eigenvalue weighted by Gasteiger charge is 2.17. The number of carbonyl (C=O) groups is 2. The Bertz CT molecular complexity index is 1310. The molecule has 4 rings (SSSR count). The standard InChI is InChI=1S/C25H21FN4O2S/c1-16(18-14-17-6-2-5-9-23(17)27-15-18)28-25(32)30(33)20-12-10-19(11-13-20)29-24(31)21-7-3-4-8-22(21)26/h2-16,33H,1H3,(H,28,32)(H,29,31). The Hall–Kier alpha value is -3.91. The van der Waals surface area contributed by atoms with Crippen molar-refractivity contribution in [2.75, 3.05) is 9.62 Å². The number of nitrogens with zero attached hydrogens (tertiary/aromatic N) is 2. The van der Waals surface area contributed by atoms with E-state index < -0.39 is 17.8 Å². The minimum Gasteiger partial charge on any atom is -0.330 e. The van der Waals surface area contributed by atoms with Crippen LogP contribution in [-0.4, -0.2) is 16.9 Å². The fourth-order valence-electron chi connectivity index (χ4n) is 3.30. The first-order chi connectivity index (χ1) is 15.9. The van der Waals surface area contributed by atoms with Crippen LogP contribution >= 0.6 is 12.8 Å². The summed E-state index contributed by atoms with van der Waals surface area (Å²) in [7, 11) is 0. The number of pyridine rings is 1. The quantitative estimate of drug-likeness (QED) is 0.332. The molecule has 1 aromatic heterocycles. The number of carbonyl (C=O) groups excluding carboxylic acids is 2. The molecule has 0 radical (unpaired) electrons. The molecule has 0 aliphatic carbocycles. The van der Waals surface area contributed by atoms with Gasteiger partial charge in [-0.3, -0.25) is 9.78 Å². The number of halogens is 1. The number of para-hydroxylation sites is 1. The summed E-state index contributed by atoms with van der Waals surface area (Å²) in [6, 6.07) is 21.3. The predicted octanol–water partition coefficient (Wildman–Crippen LogP) is 5.75. The first kappa shape index (κ1) is 22.3. The van der Waals surface area contributed by atoms with Gasteiger partial charge in [0.05, 0.1) is 22.8 Å². The zero-order valence-corrected chi connectivity index (χ0v) is 18.6. The van der Waals surface area contributed by atoms with Crippen LogP contribution in [0, 0.1) is 5.82 Å². The summed E-state index contributed by atoms with van der Waals surface area (Å²) >= 11 is 4.30. The molecule has 2 N–H and O–H groups in total. The van der Waals surface area contributed by atoms with E-state index in [1.54, 1.807) is 36.5 Å². The number of hydrogen-bond donors (Lipinski definition) is 3. The molecule has 0 bridgehead atoms.